The molecule has 1 rings (SSSR count). The Morgan fingerprint density at radius 1 is 1.43 bits per heavy atom. The van der Waals surface area contributed by atoms with Gasteiger partial charge in [0.05, 0.1) is 12.4 Å². The van der Waals surface area contributed by atoms with Crippen molar-refractivity contribution in [3.63, 3.8) is 0 Å². The van der Waals surface area contributed by atoms with Crippen LogP contribution in [0.25, 0.3) is 0 Å². The Bertz CT molecular complexity index is 425. The minimum atomic E-state index is -4.71. The highest BCUT2D eigenvalue weighted by Gasteiger charge is 2.24. The number of nitrogens with one attached hydrogen (secondary N) is 1. The maximum Gasteiger partial charge on any atom is 0.355 e. The third kappa shape index (κ3) is 2.74. The summed E-state index contributed by atoms with van der Waals surface area (Å²) in [6, 6.07) is 0. The second-order valence-electron chi connectivity index (χ2n) is 2.13. The van der Waals surface area contributed by atoms with Gasteiger partial charge in [0, 0.05) is 0 Å². The van der Waals surface area contributed by atoms with Crippen LogP contribution >= 0.6 is 11.6 Å². The van der Waals surface area contributed by atoms with Gasteiger partial charge in [-0.05, 0) is 0 Å². The Morgan fingerprint density at radius 3 is 2.57 bits per heavy atom. The van der Waals surface area contributed by atoms with Gasteiger partial charge in [0.25, 0.3) is 10.0 Å². The molecule has 0 amide bonds. The molecule has 0 saturated carbocycles. The van der Waals surface area contributed by atoms with E-state index in [1.54, 1.807) is 0 Å². The Hall–Kier alpha value is -1.02. The normalized spacial score (nSPS) is 11.7. The summed E-state index contributed by atoms with van der Waals surface area (Å²) in [4.78, 5) is 6.88. The first-order chi connectivity index (χ1) is 6.42. The van der Waals surface area contributed by atoms with Crippen LogP contribution in [0.4, 0.5) is 14.6 Å². The summed E-state index contributed by atoms with van der Waals surface area (Å²) in [5.74, 6) is -3.87. The molecule has 0 aromatic carbocycles. The molecule has 0 aliphatic heterocycles. The molecule has 1 heterocycles. The van der Waals surface area contributed by atoms with Crippen molar-refractivity contribution in [3.8, 4) is 0 Å². The third-order valence-electron chi connectivity index (χ3n) is 1.09. The number of aromatic nitrogens is 2. The Kier molecular flexibility index (Phi) is 3.17. The molecule has 0 atom stereocenters. The van der Waals surface area contributed by atoms with Crippen LogP contribution in [0.15, 0.2) is 12.4 Å². The second-order valence-corrected chi connectivity index (χ2v) is 4.17. The van der Waals surface area contributed by atoms with Gasteiger partial charge in [-0.25, -0.2) is 13.4 Å². The summed E-state index contributed by atoms with van der Waals surface area (Å²) in [6.07, 6.45) is 2.10. The molecule has 0 aliphatic rings. The van der Waals surface area contributed by atoms with Crippen LogP contribution in [0.1, 0.15) is 0 Å². The predicted molar refractivity (Wildman–Crippen MR) is 45.6 cm³/mol. The van der Waals surface area contributed by atoms with Crippen molar-refractivity contribution >= 4 is 27.4 Å². The SMILES string of the molecule is O=S(=O)(Nc1cncc(Cl)n1)C(F)F. The number of sulfonamides is 1. The predicted octanol–water partition coefficient (Wildman–Crippen LogP) is 1.09. The molecule has 0 radical (unpaired) electrons. The highest BCUT2D eigenvalue weighted by atomic mass is 35.5. The smallest absolute Gasteiger partial charge is 0.261 e. The van der Waals surface area contributed by atoms with Crippen molar-refractivity contribution in [1.29, 1.82) is 0 Å². The molecule has 9 heteroatoms. The molecule has 1 aromatic heterocycles. The summed E-state index contributed by atoms with van der Waals surface area (Å²) in [6.45, 7) is 0. The lowest BCUT2D eigenvalue weighted by Crippen LogP contribution is -2.21. The lowest BCUT2D eigenvalue weighted by atomic mass is 10.7. The van der Waals surface area contributed by atoms with E-state index in [0.29, 0.717) is 0 Å². The molecule has 0 spiro atoms. The number of nitrogens with zero attached hydrogens (tertiary/aromatic N) is 2. The van der Waals surface area contributed by atoms with Crippen LogP contribution in [-0.4, -0.2) is 24.1 Å². The summed E-state index contributed by atoms with van der Waals surface area (Å²) in [5.41, 5.74) is 0. The van der Waals surface area contributed by atoms with Gasteiger partial charge in [0.15, 0.2) is 5.82 Å². The number of anilines is 1. The van der Waals surface area contributed by atoms with E-state index in [1.165, 1.54) is 4.72 Å². The van der Waals surface area contributed by atoms with Crippen molar-refractivity contribution in [1.82, 2.24) is 9.97 Å². The van der Waals surface area contributed by atoms with Gasteiger partial charge in [0.1, 0.15) is 5.15 Å². The molecule has 0 aliphatic carbocycles. The summed E-state index contributed by atoms with van der Waals surface area (Å²) < 4.78 is 46.5. The number of hydrogen-bond donors (Lipinski definition) is 1. The molecule has 14 heavy (non-hydrogen) atoms. The zero-order valence-corrected chi connectivity index (χ0v) is 8.06. The van der Waals surface area contributed by atoms with E-state index in [1.807, 2.05) is 0 Å². The molecular weight excluding hydrogens is 240 g/mol. The Morgan fingerprint density at radius 2 is 2.07 bits per heavy atom. The van der Waals surface area contributed by atoms with Crippen LogP contribution < -0.4 is 4.72 Å². The van der Waals surface area contributed by atoms with Crippen molar-refractivity contribution in [3.05, 3.63) is 17.5 Å². The largest absolute Gasteiger partial charge is 0.355 e. The molecule has 1 aromatic rings. The van der Waals surface area contributed by atoms with Gasteiger partial charge >= 0.3 is 5.76 Å². The second kappa shape index (κ2) is 4.01. The number of rotatable bonds is 3. The number of hydrogen-bond acceptors (Lipinski definition) is 4. The van der Waals surface area contributed by atoms with Crippen molar-refractivity contribution in [2.24, 2.45) is 0 Å². The molecule has 0 fully saturated rings. The van der Waals surface area contributed by atoms with Crippen molar-refractivity contribution < 1.29 is 17.2 Å². The highest BCUT2D eigenvalue weighted by molar-refractivity contribution is 7.92. The van der Waals surface area contributed by atoms with E-state index in [9.17, 15) is 17.2 Å². The topological polar surface area (TPSA) is 72.0 Å². The number of alkyl halides is 2. The molecule has 0 bridgehead atoms. The van der Waals surface area contributed by atoms with Crippen molar-refractivity contribution in [2.75, 3.05) is 4.72 Å². The number of halogens is 3. The van der Waals surface area contributed by atoms with Gasteiger partial charge in [-0.15, -0.1) is 0 Å². The van der Waals surface area contributed by atoms with Gasteiger partial charge < -0.3 is 0 Å². The van der Waals surface area contributed by atoms with Crippen LogP contribution in [0.3, 0.4) is 0 Å². The lowest BCUT2D eigenvalue weighted by Gasteiger charge is -2.04. The fraction of sp³-hybridized carbons (Fsp3) is 0.200. The van der Waals surface area contributed by atoms with Crippen LogP contribution in [0.5, 0.6) is 0 Å². The van der Waals surface area contributed by atoms with E-state index in [-0.39, 0.29) is 11.0 Å². The zero-order chi connectivity index (χ0) is 10.8. The van der Waals surface area contributed by atoms with E-state index in [0.717, 1.165) is 12.4 Å². The molecule has 5 nitrogen and oxygen atoms in total. The maximum atomic E-state index is 11.9. The lowest BCUT2D eigenvalue weighted by molar-refractivity contribution is 0.236. The summed E-state index contributed by atoms with van der Waals surface area (Å²) in [5, 5.41) is -0.0977. The van der Waals surface area contributed by atoms with E-state index in [4.69, 9.17) is 11.6 Å². The quantitative estimate of drug-likeness (QED) is 0.863. The molecule has 78 valence electrons. The Balaban J connectivity index is 2.90. The van der Waals surface area contributed by atoms with Crippen LogP contribution in [-0.2, 0) is 10.0 Å². The minimum Gasteiger partial charge on any atom is -0.261 e. The van der Waals surface area contributed by atoms with Gasteiger partial charge in [-0.3, -0.25) is 9.71 Å². The summed E-state index contributed by atoms with van der Waals surface area (Å²) >= 11 is 5.36. The fourth-order valence-corrected chi connectivity index (χ4v) is 1.21. The van der Waals surface area contributed by atoms with Crippen molar-refractivity contribution in [2.45, 2.75) is 5.76 Å². The van der Waals surface area contributed by atoms with Crippen LogP contribution in [0, 0.1) is 0 Å². The average molecular weight is 244 g/mol. The van der Waals surface area contributed by atoms with Gasteiger partial charge in [-0.2, -0.15) is 8.78 Å². The Labute approximate surface area is 83.2 Å². The van der Waals surface area contributed by atoms with E-state index < -0.39 is 15.8 Å². The van der Waals surface area contributed by atoms with E-state index >= 15 is 0 Å². The van der Waals surface area contributed by atoms with Gasteiger partial charge in [0.2, 0.25) is 0 Å². The fourth-order valence-electron chi connectivity index (χ4n) is 0.582. The molecule has 0 unspecified atom stereocenters. The minimum absolute atomic E-state index is 0.0977. The standard InChI is InChI=1S/C5H4ClF2N3O2S/c6-3-1-9-2-4(10-3)11-14(12,13)5(7)8/h1-2,5H,(H,10,11). The summed E-state index contributed by atoms with van der Waals surface area (Å²) in [7, 11) is -4.71. The first kappa shape index (κ1) is 11.1. The first-order valence-corrected chi connectivity index (χ1v) is 5.11. The monoisotopic (exact) mass is 243 g/mol. The maximum absolute atomic E-state index is 11.9. The highest BCUT2D eigenvalue weighted by Crippen LogP contribution is 2.12. The van der Waals surface area contributed by atoms with Crippen LogP contribution in [0.2, 0.25) is 5.15 Å². The molecule has 1 N–H and O–H groups in total. The molecular formula is C5H4ClF2N3O2S. The zero-order valence-electron chi connectivity index (χ0n) is 6.49. The average Bonchev–Trinajstić information content (AvgIpc) is 2.02. The van der Waals surface area contributed by atoms with Gasteiger partial charge in [-0.1, -0.05) is 11.6 Å². The third-order valence-corrected chi connectivity index (χ3v) is 2.23. The van der Waals surface area contributed by atoms with E-state index in [2.05, 4.69) is 9.97 Å². The first-order valence-electron chi connectivity index (χ1n) is 3.19. The molecule has 0 saturated heterocycles.